The van der Waals surface area contributed by atoms with Crippen molar-refractivity contribution in [2.24, 2.45) is 0 Å². The summed E-state index contributed by atoms with van der Waals surface area (Å²) in [6, 6.07) is 6.54. The van der Waals surface area contributed by atoms with Gasteiger partial charge in [-0.2, -0.15) is 0 Å². The molecule has 5 heteroatoms. The second-order valence-corrected chi connectivity index (χ2v) is 7.14. The molecule has 1 aliphatic heterocycles. The summed E-state index contributed by atoms with van der Waals surface area (Å²) >= 11 is 3.54. The number of halogens is 1. The van der Waals surface area contributed by atoms with Crippen molar-refractivity contribution in [3.63, 3.8) is 0 Å². The lowest BCUT2D eigenvalue weighted by atomic mass is 9.91. The van der Waals surface area contributed by atoms with Crippen LogP contribution >= 0.6 is 15.9 Å². The molecule has 0 spiro atoms. The lowest BCUT2D eigenvalue weighted by Crippen LogP contribution is -2.43. The normalized spacial score (nSPS) is 24.4. The van der Waals surface area contributed by atoms with Crippen molar-refractivity contribution in [2.75, 3.05) is 6.61 Å². The van der Waals surface area contributed by atoms with E-state index in [1.165, 1.54) is 22.2 Å². The Morgan fingerprint density at radius 1 is 1.36 bits per heavy atom. The first-order valence-electron chi connectivity index (χ1n) is 7.91. The number of fused-ring (bicyclic) bond motifs is 3. The fraction of sp³-hybridized carbons (Fsp3) is 0.471. The molecule has 1 amide bonds. The number of H-pyrrole nitrogens is 1. The Hall–Kier alpha value is -1.33. The second-order valence-electron chi connectivity index (χ2n) is 6.22. The number of benzene rings is 1. The molecule has 1 aliphatic carbocycles. The van der Waals surface area contributed by atoms with Gasteiger partial charge in [-0.25, -0.2) is 0 Å². The van der Waals surface area contributed by atoms with Gasteiger partial charge in [-0.05, 0) is 55.9 Å². The van der Waals surface area contributed by atoms with Gasteiger partial charge in [-0.15, -0.1) is 0 Å². The van der Waals surface area contributed by atoms with Gasteiger partial charge in [0.15, 0.2) is 0 Å². The number of rotatable bonds is 2. The predicted molar refractivity (Wildman–Crippen MR) is 88.9 cm³/mol. The van der Waals surface area contributed by atoms with E-state index < -0.39 is 0 Å². The molecule has 2 aromatic rings. The number of amides is 1. The van der Waals surface area contributed by atoms with Crippen molar-refractivity contribution >= 4 is 32.7 Å². The number of carbonyl (C=O) groups is 1. The third-order valence-corrected chi connectivity index (χ3v) is 5.21. The zero-order chi connectivity index (χ0) is 15.1. The summed E-state index contributed by atoms with van der Waals surface area (Å²) in [5.41, 5.74) is 3.84. The Balaban J connectivity index is 1.54. The van der Waals surface area contributed by atoms with E-state index in [1.54, 1.807) is 0 Å². The molecule has 0 saturated carbocycles. The fourth-order valence-electron chi connectivity index (χ4n) is 3.59. The zero-order valence-electron chi connectivity index (χ0n) is 12.3. The number of aromatic nitrogens is 1. The molecular formula is C17H19BrN2O2. The zero-order valence-corrected chi connectivity index (χ0v) is 13.9. The molecule has 1 aromatic heterocycles. The van der Waals surface area contributed by atoms with Crippen molar-refractivity contribution < 1.29 is 9.53 Å². The molecule has 2 atom stereocenters. The van der Waals surface area contributed by atoms with Crippen LogP contribution in [0.1, 0.15) is 30.5 Å². The minimum Gasteiger partial charge on any atom is -0.368 e. The molecule has 1 fully saturated rings. The van der Waals surface area contributed by atoms with Crippen LogP contribution in [-0.4, -0.2) is 29.6 Å². The summed E-state index contributed by atoms with van der Waals surface area (Å²) in [5, 5.41) is 4.45. The van der Waals surface area contributed by atoms with Crippen molar-refractivity contribution in [1.29, 1.82) is 0 Å². The first-order chi connectivity index (χ1) is 10.7. The topological polar surface area (TPSA) is 54.1 Å². The molecule has 2 N–H and O–H groups in total. The van der Waals surface area contributed by atoms with Crippen LogP contribution in [0.5, 0.6) is 0 Å². The first-order valence-corrected chi connectivity index (χ1v) is 8.71. The molecule has 1 saturated heterocycles. The number of ether oxygens (including phenoxy) is 1. The minimum atomic E-state index is -0.237. The Kier molecular flexibility index (Phi) is 3.70. The third-order valence-electron chi connectivity index (χ3n) is 4.72. The standard InChI is InChI=1S/C17H19BrN2O2/c18-10-3-5-14-12(8-10)13-9-11(4-6-15(13)20-14)19-17(21)16-2-1-7-22-16/h3,5,8,11,16,20H,1-2,4,6-7,9H2,(H,19,21). The van der Waals surface area contributed by atoms with E-state index >= 15 is 0 Å². The summed E-state index contributed by atoms with van der Waals surface area (Å²) < 4.78 is 6.56. The number of hydrogen-bond acceptors (Lipinski definition) is 2. The monoisotopic (exact) mass is 362 g/mol. The molecule has 2 aliphatic rings. The smallest absolute Gasteiger partial charge is 0.249 e. The van der Waals surface area contributed by atoms with E-state index in [4.69, 9.17) is 4.74 Å². The fourth-order valence-corrected chi connectivity index (χ4v) is 3.95. The average molecular weight is 363 g/mol. The maximum Gasteiger partial charge on any atom is 0.249 e. The number of carbonyl (C=O) groups excluding carboxylic acids is 1. The van der Waals surface area contributed by atoms with E-state index in [0.717, 1.165) is 36.6 Å². The summed E-state index contributed by atoms with van der Waals surface area (Å²) in [4.78, 5) is 15.7. The number of aromatic amines is 1. The van der Waals surface area contributed by atoms with Gasteiger partial charge in [0.05, 0.1) is 0 Å². The van der Waals surface area contributed by atoms with Crippen molar-refractivity contribution in [2.45, 2.75) is 44.2 Å². The Labute approximate surface area is 137 Å². The molecule has 116 valence electrons. The van der Waals surface area contributed by atoms with Gasteiger partial charge in [0.25, 0.3) is 0 Å². The van der Waals surface area contributed by atoms with Crippen LogP contribution in [0.15, 0.2) is 22.7 Å². The van der Waals surface area contributed by atoms with Crippen LogP contribution in [0.25, 0.3) is 10.9 Å². The summed E-state index contributed by atoms with van der Waals surface area (Å²) in [6.45, 7) is 0.712. The second kappa shape index (κ2) is 5.70. The predicted octanol–water partition coefficient (Wildman–Crippen LogP) is 3.08. The van der Waals surface area contributed by atoms with Crippen molar-refractivity contribution in [3.05, 3.63) is 33.9 Å². The Bertz CT molecular complexity index is 719. The first kappa shape index (κ1) is 14.3. The van der Waals surface area contributed by atoms with Gasteiger partial charge in [0, 0.05) is 33.7 Å². The van der Waals surface area contributed by atoms with Gasteiger partial charge in [-0.3, -0.25) is 4.79 Å². The Morgan fingerprint density at radius 2 is 2.27 bits per heavy atom. The van der Waals surface area contributed by atoms with Crippen LogP contribution in [-0.2, 0) is 22.4 Å². The van der Waals surface area contributed by atoms with Crippen LogP contribution in [0.4, 0.5) is 0 Å². The van der Waals surface area contributed by atoms with Crippen LogP contribution in [0.2, 0.25) is 0 Å². The van der Waals surface area contributed by atoms with Gasteiger partial charge in [0.1, 0.15) is 6.10 Å². The lowest BCUT2D eigenvalue weighted by Gasteiger charge is -2.25. The van der Waals surface area contributed by atoms with Gasteiger partial charge in [-0.1, -0.05) is 15.9 Å². The number of nitrogens with one attached hydrogen (secondary N) is 2. The number of aryl methyl sites for hydroxylation is 1. The summed E-state index contributed by atoms with van der Waals surface area (Å²) in [5.74, 6) is 0.0620. The summed E-state index contributed by atoms with van der Waals surface area (Å²) in [6.07, 6.45) is 4.47. The van der Waals surface area contributed by atoms with Crippen LogP contribution < -0.4 is 5.32 Å². The summed E-state index contributed by atoms with van der Waals surface area (Å²) in [7, 11) is 0. The average Bonchev–Trinajstić information content (AvgIpc) is 3.14. The molecule has 4 nitrogen and oxygen atoms in total. The number of hydrogen-bond donors (Lipinski definition) is 2. The van der Waals surface area contributed by atoms with E-state index in [0.29, 0.717) is 6.61 Å². The molecule has 0 radical (unpaired) electrons. The van der Waals surface area contributed by atoms with E-state index in [2.05, 4.69) is 44.4 Å². The lowest BCUT2D eigenvalue weighted by molar-refractivity contribution is -0.130. The molecule has 22 heavy (non-hydrogen) atoms. The largest absolute Gasteiger partial charge is 0.368 e. The highest BCUT2D eigenvalue weighted by Crippen LogP contribution is 2.31. The van der Waals surface area contributed by atoms with E-state index in [9.17, 15) is 4.79 Å². The minimum absolute atomic E-state index is 0.0620. The van der Waals surface area contributed by atoms with Crippen LogP contribution in [0.3, 0.4) is 0 Å². The highest BCUT2D eigenvalue weighted by atomic mass is 79.9. The van der Waals surface area contributed by atoms with Crippen molar-refractivity contribution in [1.82, 2.24) is 10.3 Å². The maximum atomic E-state index is 12.2. The highest BCUT2D eigenvalue weighted by Gasteiger charge is 2.28. The maximum absolute atomic E-state index is 12.2. The molecular weight excluding hydrogens is 344 g/mol. The highest BCUT2D eigenvalue weighted by molar-refractivity contribution is 9.10. The van der Waals surface area contributed by atoms with Gasteiger partial charge >= 0.3 is 0 Å². The quantitative estimate of drug-likeness (QED) is 0.862. The third kappa shape index (κ3) is 2.57. The molecule has 1 aromatic carbocycles. The van der Waals surface area contributed by atoms with E-state index in [-0.39, 0.29) is 18.1 Å². The van der Waals surface area contributed by atoms with Crippen molar-refractivity contribution in [3.8, 4) is 0 Å². The van der Waals surface area contributed by atoms with Gasteiger partial charge < -0.3 is 15.0 Å². The molecule has 2 heterocycles. The van der Waals surface area contributed by atoms with E-state index in [1.807, 2.05) is 0 Å². The molecule has 2 unspecified atom stereocenters. The molecule has 4 rings (SSSR count). The Morgan fingerprint density at radius 3 is 3.09 bits per heavy atom. The van der Waals surface area contributed by atoms with Crippen LogP contribution in [0, 0.1) is 0 Å². The van der Waals surface area contributed by atoms with Gasteiger partial charge in [0.2, 0.25) is 5.91 Å². The molecule has 0 bridgehead atoms. The SMILES string of the molecule is O=C(NC1CCc2[nH]c3ccc(Br)cc3c2C1)C1CCCO1.